The number of thiazole rings is 1. The number of Topliss-reactive ketones (excluding diaryl/α,β-unsaturated/α-hetero) is 1. The van der Waals surface area contributed by atoms with Crippen molar-refractivity contribution in [3.05, 3.63) is 80.0 Å². The Kier molecular flexibility index (Phi) is 6.07. The number of aliphatic hydroxyl groups is 1. The fraction of sp³-hybridized carbons (Fsp3) is 0.125. The zero-order valence-electron chi connectivity index (χ0n) is 17.6. The molecule has 3 heterocycles. The van der Waals surface area contributed by atoms with Crippen molar-refractivity contribution in [3.8, 4) is 5.75 Å². The average Bonchev–Trinajstić information content (AvgIpc) is 3.54. The van der Waals surface area contributed by atoms with E-state index in [0.29, 0.717) is 33.6 Å². The lowest BCUT2D eigenvalue weighted by Gasteiger charge is -2.21. The molecule has 1 saturated heterocycles. The molecule has 6 nitrogen and oxygen atoms in total. The Bertz CT molecular complexity index is 1460. The molecule has 2 aromatic heterocycles. The highest BCUT2D eigenvalue weighted by atomic mass is 35.5. The van der Waals surface area contributed by atoms with Gasteiger partial charge in [-0.15, -0.1) is 11.3 Å². The fourth-order valence-electron chi connectivity index (χ4n) is 3.80. The molecule has 1 amide bonds. The Morgan fingerprint density at radius 2 is 1.97 bits per heavy atom. The summed E-state index contributed by atoms with van der Waals surface area (Å²) in [5.74, 6) is -1.18. The van der Waals surface area contributed by atoms with Gasteiger partial charge < -0.3 is 9.84 Å². The number of carbonyl (C=O) groups is 2. The van der Waals surface area contributed by atoms with Crippen LogP contribution in [0, 0.1) is 0 Å². The van der Waals surface area contributed by atoms with E-state index >= 15 is 0 Å². The number of hydrogen-bond acceptors (Lipinski definition) is 7. The van der Waals surface area contributed by atoms with Crippen LogP contribution in [0.15, 0.2) is 59.5 Å². The number of ketones is 1. The minimum atomic E-state index is -0.832. The second-order valence-corrected chi connectivity index (χ2v) is 10.2. The summed E-state index contributed by atoms with van der Waals surface area (Å²) in [5, 5.41) is 13.9. The molecule has 4 aromatic rings. The maximum atomic E-state index is 13.3. The predicted molar refractivity (Wildman–Crippen MR) is 136 cm³/mol. The fourth-order valence-corrected chi connectivity index (χ4v) is 5.94. The van der Waals surface area contributed by atoms with Gasteiger partial charge in [0, 0.05) is 10.4 Å². The molecule has 1 fully saturated rings. The predicted octanol–water partition coefficient (Wildman–Crippen LogP) is 6.69. The molecule has 1 aliphatic heterocycles. The summed E-state index contributed by atoms with van der Waals surface area (Å²) in [4.78, 5) is 33.1. The maximum Gasteiger partial charge on any atom is 0.301 e. The molecule has 0 bridgehead atoms. The second-order valence-electron chi connectivity index (χ2n) is 7.37. The molecule has 0 saturated carbocycles. The van der Waals surface area contributed by atoms with Crippen molar-refractivity contribution in [1.29, 1.82) is 0 Å². The number of fused-ring (bicyclic) bond motifs is 1. The third-order valence-electron chi connectivity index (χ3n) is 5.32. The van der Waals surface area contributed by atoms with Gasteiger partial charge in [0.2, 0.25) is 0 Å². The van der Waals surface area contributed by atoms with Crippen LogP contribution in [0.5, 0.6) is 5.75 Å². The molecule has 0 radical (unpaired) electrons. The van der Waals surface area contributed by atoms with E-state index in [9.17, 15) is 14.7 Å². The SMILES string of the molecule is CCOc1ccc2nc(N3C(=O)C(=O)/C(=C(/O)c4ccc(Cl)c(Cl)c4)C3c3cccs3)sc2c1. The summed E-state index contributed by atoms with van der Waals surface area (Å²) >= 11 is 14.8. The standard InChI is InChI=1S/C24H16Cl2N2O4S2/c1-2-32-13-6-8-16-18(11-13)34-24(27-16)28-20(17-4-3-9-33-17)19(22(30)23(28)31)21(29)12-5-7-14(25)15(26)10-12/h3-11,20,29H,2H2,1H3/b21-19+. The van der Waals surface area contributed by atoms with Crippen LogP contribution in [0.1, 0.15) is 23.4 Å². The van der Waals surface area contributed by atoms with Gasteiger partial charge in [-0.25, -0.2) is 4.98 Å². The van der Waals surface area contributed by atoms with Crippen LogP contribution < -0.4 is 9.64 Å². The van der Waals surface area contributed by atoms with E-state index in [1.807, 2.05) is 42.6 Å². The number of aromatic nitrogens is 1. The van der Waals surface area contributed by atoms with Crippen molar-refractivity contribution >= 4 is 78.7 Å². The number of amides is 1. The Hall–Kier alpha value is -2.91. The number of ether oxygens (including phenoxy) is 1. The molecule has 1 atom stereocenters. The molecule has 1 aliphatic rings. The van der Waals surface area contributed by atoms with E-state index < -0.39 is 17.7 Å². The van der Waals surface area contributed by atoms with Crippen LogP contribution >= 0.6 is 45.9 Å². The summed E-state index contributed by atoms with van der Waals surface area (Å²) < 4.78 is 6.38. The van der Waals surface area contributed by atoms with Gasteiger partial charge in [-0.05, 0) is 54.8 Å². The molecule has 10 heteroatoms. The highest BCUT2D eigenvalue weighted by Crippen LogP contribution is 2.46. The Morgan fingerprint density at radius 1 is 1.15 bits per heavy atom. The van der Waals surface area contributed by atoms with Crippen LogP contribution in [0.3, 0.4) is 0 Å². The number of nitrogens with zero attached hydrogens (tertiary/aromatic N) is 2. The van der Waals surface area contributed by atoms with Gasteiger partial charge in [0.1, 0.15) is 17.6 Å². The first kappa shape index (κ1) is 22.9. The highest BCUT2D eigenvalue weighted by molar-refractivity contribution is 7.22. The number of rotatable bonds is 5. The zero-order chi connectivity index (χ0) is 24.0. The van der Waals surface area contributed by atoms with E-state index in [1.165, 1.54) is 39.7 Å². The summed E-state index contributed by atoms with van der Waals surface area (Å²) in [5.41, 5.74) is 0.944. The first-order valence-corrected chi connectivity index (χ1v) is 12.7. The second kappa shape index (κ2) is 9.03. The summed E-state index contributed by atoms with van der Waals surface area (Å²) in [7, 11) is 0. The third kappa shape index (κ3) is 3.86. The minimum absolute atomic E-state index is 0.0277. The molecule has 0 aliphatic carbocycles. The Labute approximate surface area is 212 Å². The van der Waals surface area contributed by atoms with Crippen molar-refractivity contribution in [2.24, 2.45) is 0 Å². The molecule has 5 rings (SSSR count). The number of aliphatic hydroxyl groups excluding tert-OH is 1. The molecule has 0 spiro atoms. The number of thiophene rings is 1. The van der Waals surface area contributed by atoms with Gasteiger partial charge in [-0.1, -0.05) is 40.6 Å². The molecule has 2 aromatic carbocycles. The number of hydrogen-bond donors (Lipinski definition) is 1. The van der Waals surface area contributed by atoms with Crippen molar-refractivity contribution in [3.63, 3.8) is 0 Å². The van der Waals surface area contributed by atoms with Gasteiger partial charge in [0.15, 0.2) is 5.13 Å². The Morgan fingerprint density at radius 3 is 2.68 bits per heavy atom. The topological polar surface area (TPSA) is 79.7 Å². The smallest absolute Gasteiger partial charge is 0.301 e. The van der Waals surface area contributed by atoms with Crippen molar-refractivity contribution in [2.75, 3.05) is 11.5 Å². The third-order valence-corrected chi connectivity index (χ3v) is 8.00. The molecular formula is C24H16Cl2N2O4S2. The lowest BCUT2D eigenvalue weighted by atomic mass is 10.00. The number of halogens is 2. The first-order chi connectivity index (χ1) is 16.4. The number of carbonyl (C=O) groups excluding carboxylic acids is 2. The van der Waals surface area contributed by atoms with Gasteiger partial charge >= 0.3 is 5.91 Å². The van der Waals surface area contributed by atoms with Crippen LogP contribution in [-0.2, 0) is 9.59 Å². The van der Waals surface area contributed by atoms with E-state index in [0.717, 1.165) is 9.58 Å². The normalized spacial score (nSPS) is 17.6. The lowest BCUT2D eigenvalue weighted by molar-refractivity contribution is -0.132. The molecule has 34 heavy (non-hydrogen) atoms. The van der Waals surface area contributed by atoms with Crippen molar-refractivity contribution in [2.45, 2.75) is 13.0 Å². The average molecular weight is 531 g/mol. The molecular weight excluding hydrogens is 515 g/mol. The van der Waals surface area contributed by atoms with Crippen molar-refractivity contribution in [1.82, 2.24) is 4.98 Å². The first-order valence-electron chi connectivity index (χ1n) is 10.2. The lowest BCUT2D eigenvalue weighted by Crippen LogP contribution is -2.28. The Balaban J connectivity index is 1.67. The van der Waals surface area contributed by atoms with Gasteiger partial charge in [-0.2, -0.15) is 0 Å². The van der Waals surface area contributed by atoms with E-state index in [4.69, 9.17) is 27.9 Å². The molecule has 1 unspecified atom stereocenters. The maximum absolute atomic E-state index is 13.3. The van der Waals surface area contributed by atoms with Crippen LogP contribution in [0.25, 0.3) is 16.0 Å². The summed E-state index contributed by atoms with van der Waals surface area (Å²) in [6.07, 6.45) is 0. The number of anilines is 1. The quantitative estimate of drug-likeness (QED) is 0.176. The van der Waals surface area contributed by atoms with E-state index in [-0.39, 0.29) is 16.4 Å². The van der Waals surface area contributed by atoms with E-state index in [2.05, 4.69) is 4.98 Å². The van der Waals surface area contributed by atoms with E-state index in [1.54, 1.807) is 6.07 Å². The van der Waals surface area contributed by atoms with Gasteiger partial charge in [-0.3, -0.25) is 14.5 Å². The summed E-state index contributed by atoms with van der Waals surface area (Å²) in [6, 6.07) is 12.8. The largest absolute Gasteiger partial charge is 0.507 e. The van der Waals surface area contributed by atoms with Crippen LogP contribution in [0.4, 0.5) is 5.13 Å². The highest BCUT2D eigenvalue weighted by Gasteiger charge is 2.48. The minimum Gasteiger partial charge on any atom is -0.507 e. The molecule has 1 N–H and O–H groups in total. The van der Waals surface area contributed by atoms with Crippen molar-refractivity contribution < 1.29 is 19.4 Å². The van der Waals surface area contributed by atoms with Crippen LogP contribution in [0.2, 0.25) is 10.0 Å². The summed E-state index contributed by atoms with van der Waals surface area (Å²) in [6.45, 7) is 2.43. The number of benzene rings is 2. The monoisotopic (exact) mass is 530 g/mol. The molecule has 172 valence electrons. The van der Waals surface area contributed by atoms with Gasteiger partial charge in [0.05, 0.1) is 32.4 Å². The zero-order valence-corrected chi connectivity index (χ0v) is 20.8. The van der Waals surface area contributed by atoms with Gasteiger partial charge in [0.25, 0.3) is 5.78 Å². The van der Waals surface area contributed by atoms with Crippen LogP contribution in [-0.4, -0.2) is 28.4 Å².